The van der Waals surface area contributed by atoms with Crippen molar-refractivity contribution >= 4 is 34.4 Å². The maximum absolute atomic E-state index is 13.6. The average molecular weight is 457 g/mol. The molecule has 1 aliphatic carbocycles. The monoisotopic (exact) mass is 456 g/mol. The van der Waals surface area contributed by atoms with Gasteiger partial charge in [-0.2, -0.15) is 0 Å². The number of aromatic nitrogens is 1. The van der Waals surface area contributed by atoms with Crippen molar-refractivity contribution < 1.29 is 4.74 Å². The van der Waals surface area contributed by atoms with E-state index >= 15 is 0 Å². The van der Waals surface area contributed by atoms with E-state index in [4.69, 9.17) is 9.73 Å². The van der Waals surface area contributed by atoms with Crippen molar-refractivity contribution in [2.75, 3.05) is 7.11 Å². The van der Waals surface area contributed by atoms with Gasteiger partial charge >= 0.3 is 0 Å². The van der Waals surface area contributed by atoms with E-state index in [0.717, 1.165) is 44.1 Å². The van der Waals surface area contributed by atoms with Crippen molar-refractivity contribution in [3.63, 3.8) is 0 Å². The number of thiophene rings is 1. The summed E-state index contributed by atoms with van der Waals surface area (Å²) in [5.74, 6) is 0.807. The topological polar surface area (TPSA) is 43.6 Å². The lowest BCUT2D eigenvalue weighted by atomic mass is 9.83. The van der Waals surface area contributed by atoms with Crippen molar-refractivity contribution in [2.45, 2.75) is 18.9 Å². The Balaban J connectivity index is 1.63. The predicted molar refractivity (Wildman–Crippen MR) is 130 cm³/mol. The van der Waals surface area contributed by atoms with Gasteiger partial charge in [-0.15, -0.1) is 11.3 Å². The standard InChI is InChI=1S/C26H20N2O2S2/c1-30-18-11-8-17(9-12-18)24-21-13-10-16-5-2-3-7-20(16)23(21)27-26-28(24)25(29)22(32-26)15-19-6-4-14-31-19/h2-9,11-12,14-15,24H,10,13H2,1H3. The smallest absolute Gasteiger partial charge is 0.271 e. The quantitative estimate of drug-likeness (QED) is 0.459. The fourth-order valence-corrected chi connectivity index (χ4v) is 6.33. The highest BCUT2D eigenvalue weighted by Crippen LogP contribution is 2.41. The number of rotatable bonds is 3. The van der Waals surface area contributed by atoms with E-state index < -0.39 is 0 Å². The molecule has 2 aromatic heterocycles. The normalized spacial score (nSPS) is 17.4. The van der Waals surface area contributed by atoms with Crippen LogP contribution in [0.1, 0.15) is 34.0 Å². The minimum absolute atomic E-state index is 0.0216. The number of ether oxygens (including phenoxy) is 1. The second-order valence-electron chi connectivity index (χ2n) is 7.90. The summed E-state index contributed by atoms with van der Waals surface area (Å²) in [6.07, 6.45) is 3.83. The highest BCUT2D eigenvalue weighted by atomic mass is 32.1. The molecule has 0 radical (unpaired) electrons. The number of nitrogens with zero attached hydrogens (tertiary/aromatic N) is 2. The van der Waals surface area contributed by atoms with Crippen LogP contribution >= 0.6 is 22.7 Å². The molecule has 1 aliphatic heterocycles. The first kappa shape index (κ1) is 19.5. The van der Waals surface area contributed by atoms with Crippen molar-refractivity contribution in [1.82, 2.24) is 4.57 Å². The number of thiazole rings is 1. The van der Waals surface area contributed by atoms with E-state index in [-0.39, 0.29) is 11.6 Å². The zero-order valence-electron chi connectivity index (χ0n) is 17.4. The predicted octanol–water partition coefficient (Wildman–Crippen LogP) is 4.39. The summed E-state index contributed by atoms with van der Waals surface area (Å²) in [5, 5.41) is 2.03. The number of benzene rings is 2. The molecule has 3 heterocycles. The molecular formula is C26H20N2O2S2. The molecule has 0 bridgehead atoms. The van der Waals surface area contributed by atoms with Crippen LogP contribution in [0.4, 0.5) is 0 Å². The molecular weight excluding hydrogens is 436 g/mol. The Hall–Kier alpha value is -3.22. The van der Waals surface area contributed by atoms with Gasteiger partial charge in [0, 0.05) is 10.4 Å². The summed E-state index contributed by atoms with van der Waals surface area (Å²) in [6.45, 7) is 0. The lowest BCUT2D eigenvalue weighted by Gasteiger charge is -2.30. The van der Waals surface area contributed by atoms with Gasteiger partial charge in [-0.25, -0.2) is 4.99 Å². The van der Waals surface area contributed by atoms with Crippen molar-refractivity contribution in [2.24, 2.45) is 4.99 Å². The molecule has 2 aromatic carbocycles. The lowest BCUT2D eigenvalue weighted by molar-refractivity contribution is 0.414. The van der Waals surface area contributed by atoms with Crippen LogP contribution in [0.15, 0.2) is 81.4 Å². The summed E-state index contributed by atoms with van der Waals surface area (Å²) >= 11 is 3.11. The minimum atomic E-state index is -0.161. The summed E-state index contributed by atoms with van der Waals surface area (Å²) in [7, 11) is 1.67. The Morgan fingerprint density at radius 3 is 2.69 bits per heavy atom. The maximum Gasteiger partial charge on any atom is 0.271 e. The van der Waals surface area contributed by atoms with Gasteiger partial charge in [-0.1, -0.05) is 53.8 Å². The van der Waals surface area contributed by atoms with Crippen molar-refractivity contribution in [3.8, 4) is 5.75 Å². The van der Waals surface area contributed by atoms with E-state index in [0.29, 0.717) is 0 Å². The fraction of sp³-hybridized carbons (Fsp3) is 0.154. The van der Waals surface area contributed by atoms with E-state index in [1.807, 2.05) is 40.3 Å². The molecule has 0 spiro atoms. The van der Waals surface area contributed by atoms with Crippen LogP contribution < -0.4 is 19.6 Å². The SMILES string of the molecule is COc1ccc(C2C3=C(N=c4sc(=Cc5cccs5)c(=O)n42)c2ccccc2CC3)cc1. The van der Waals surface area contributed by atoms with Gasteiger partial charge in [0.1, 0.15) is 5.75 Å². The zero-order valence-corrected chi connectivity index (χ0v) is 19.1. The minimum Gasteiger partial charge on any atom is -0.497 e. The van der Waals surface area contributed by atoms with E-state index in [1.54, 1.807) is 18.4 Å². The van der Waals surface area contributed by atoms with Gasteiger partial charge in [-0.3, -0.25) is 9.36 Å². The molecule has 32 heavy (non-hydrogen) atoms. The van der Waals surface area contributed by atoms with E-state index in [9.17, 15) is 4.79 Å². The Kier molecular flexibility index (Phi) is 4.70. The van der Waals surface area contributed by atoms with Crippen molar-refractivity contribution in [3.05, 3.63) is 113 Å². The molecule has 0 saturated heterocycles. The number of allylic oxidation sites excluding steroid dienone is 1. The van der Waals surface area contributed by atoms with Gasteiger partial charge in [0.15, 0.2) is 4.80 Å². The Labute approximate surface area is 193 Å². The van der Waals surface area contributed by atoms with Crippen LogP contribution in [0.25, 0.3) is 11.8 Å². The molecule has 158 valence electrons. The van der Waals surface area contributed by atoms with Crippen LogP contribution in [0, 0.1) is 0 Å². The number of hydrogen-bond acceptors (Lipinski definition) is 5. The highest BCUT2D eigenvalue weighted by molar-refractivity contribution is 7.11. The largest absolute Gasteiger partial charge is 0.497 e. The summed E-state index contributed by atoms with van der Waals surface area (Å²) in [5.41, 5.74) is 5.84. The average Bonchev–Trinajstić information content (AvgIpc) is 3.46. The maximum atomic E-state index is 13.6. The molecule has 2 aliphatic rings. The van der Waals surface area contributed by atoms with Gasteiger partial charge in [0.2, 0.25) is 0 Å². The molecule has 4 nitrogen and oxygen atoms in total. The molecule has 6 rings (SSSR count). The molecule has 0 N–H and O–H groups in total. The Morgan fingerprint density at radius 2 is 1.91 bits per heavy atom. The van der Waals surface area contributed by atoms with Crippen LogP contribution in [-0.2, 0) is 6.42 Å². The van der Waals surface area contributed by atoms with Crippen LogP contribution in [0.5, 0.6) is 5.75 Å². The first-order valence-corrected chi connectivity index (χ1v) is 12.2. The number of fused-ring (bicyclic) bond motifs is 3. The summed E-state index contributed by atoms with van der Waals surface area (Å²) in [6, 6.07) is 20.4. The molecule has 1 unspecified atom stereocenters. The third kappa shape index (κ3) is 3.10. The van der Waals surface area contributed by atoms with Gasteiger partial charge < -0.3 is 4.74 Å². The van der Waals surface area contributed by atoms with E-state index in [1.165, 1.54) is 28.0 Å². The van der Waals surface area contributed by atoms with Crippen LogP contribution in [0.3, 0.4) is 0 Å². The van der Waals surface area contributed by atoms with E-state index in [2.05, 4.69) is 36.4 Å². The number of hydrogen-bond donors (Lipinski definition) is 0. The molecule has 4 aromatic rings. The van der Waals surface area contributed by atoms with Crippen LogP contribution in [-0.4, -0.2) is 11.7 Å². The third-order valence-corrected chi connectivity index (χ3v) is 7.92. The second-order valence-corrected chi connectivity index (χ2v) is 9.89. The second kappa shape index (κ2) is 7.73. The van der Waals surface area contributed by atoms with Crippen molar-refractivity contribution in [1.29, 1.82) is 0 Å². The molecule has 6 heteroatoms. The first-order valence-electron chi connectivity index (χ1n) is 10.5. The van der Waals surface area contributed by atoms with Gasteiger partial charge in [-0.05, 0) is 59.2 Å². The molecule has 0 amide bonds. The zero-order chi connectivity index (χ0) is 21.7. The third-order valence-electron chi connectivity index (χ3n) is 6.12. The Bertz CT molecular complexity index is 1520. The lowest BCUT2D eigenvalue weighted by Crippen LogP contribution is -2.38. The van der Waals surface area contributed by atoms with Gasteiger partial charge in [0.05, 0.1) is 23.4 Å². The fourth-order valence-electron chi connectivity index (χ4n) is 4.61. The highest BCUT2D eigenvalue weighted by Gasteiger charge is 2.32. The Morgan fingerprint density at radius 1 is 1.06 bits per heavy atom. The number of methoxy groups -OCH3 is 1. The molecule has 0 fully saturated rings. The molecule has 0 saturated carbocycles. The first-order chi connectivity index (χ1) is 15.7. The molecule has 1 atom stereocenters. The summed E-state index contributed by atoms with van der Waals surface area (Å²) < 4.78 is 7.97. The van der Waals surface area contributed by atoms with Gasteiger partial charge in [0.25, 0.3) is 5.56 Å². The number of aryl methyl sites for hydroxylation is 1. The van der Waals surface area contributed by atoms with Crippen LogP contribution in [0.2, 0.25) is 0 Å². The summed E-state index contributed by atoms with van der Waals surface area (Å²) in [4.78, 5) is 20.5.